The van der Waals surface area contributed by atoms with Gasteiger partial charge in [0, 0.05) is 30.1 Å². The van der Waals surface area contributed by atoms with Gasteiger partial charge in [0.05, 0.1) is 36.2 Å². The Bertz CT molecular complexity index is 1100. The Hall–Kier alpha value is -3.00. The highest BCUT2D eigenvalue weighted by atomic mass is 16.5. The summed E-state index contributed by atoms with van der Waals surface area (Å²) < 4.78 is 7.78. The van der Waals surface area contributed by atoms with Gasteiger partial charge >= 0.3 is 0 Å². The summed E-state index contributed by atoms with van der Waals surface area (Å²) in [5.74, 6) is -0.137. The van der Waals surface area contributed by atoms with Crippen molar-refractivity contribution in [1.29, 1.82) is 0 Å². The van der Waals surface area contributed by atoms with Gasteiger partial charge in [-0.25, -0.2) is 4.68 Å². The number of fused-ring (bicyclic) bond motifs is 4. The number of pyridine rings is 1. The molecular weight excluding hydrogens is 346 g/mol. The van der Waals surface area contributed by atoms with E-state index in [0.29, 0.717) is 30.8 Å². The van der Waals surface area contributed by atoms with Crippen LogP contribution in [0.4, 0.5) is 0 Å². The molecule has 138 valence electrons. The lowest BCUT2D eigenvalue weighted by Crippen LogP contribution is -2.50. The van der Waals surface area contributed by atoms with Crippen LogP contribution >= 0.6 is 0 Å². The van der Waals surface area contributed by atoms with E-state index in [4.69, 9.17) is 4.74 Å². The molecule has 8 heteroatoms. The fraction of sp³-hybridized carbons (Fsp3) is 0.368. The van der Waals surface area contributed by atoms with Crippen LogP contribution in [0.5, 0.6) is 0 Å². The van der Waals surface area contributed by atoms with Crippen molar-refractivity contribution < 1.29 is 9.53 Å². The van der Waals surface area contributed by atoms with E-state index in [1.165, 1.54) is 6.07 Å². The molecular formula is C19H19N5O3. The van der Waals surface area contributed by atoms with Crippen molar-refractivity contribution >= 4 is 16.8 Å². The smallest absolute Gasteiger partial charge is 0.254 e. The van der Waals surface area contributed by atoms with Gasteiger partial charge in [-0.15, -0.1) is 5.10 Å². The minimum atomic E-state index is -0.274. The molecule has 0 bridgehead atoms. The van der Waals surface area contributed by atoms with Gasteiger partial charge in [0.1, 0.15) is 0 Å². The zero-order valence-corrected chi connectivity index (χ0v) is 14.9. The number of aromatic nitrogens is 4. The predicted octanol–water partition coefficient (Wildman–Crippen LogP) is 1.41. The molecule has 0 aliphatic carbocycles. The van der Waals surface area contributed by atoms with Crippen molar-refractivity contribution in [3.05, 3.63) is 57.6 Å². The van der Waals surface area contributed by atoms with Crippen molar-refractivity contribution in [2.45, 2.75) is 32.1 Å². The standard InChI is InChI=1S/C19H19N5O3/c1-11-2-3-15-13(6-11)14(7-18(25)21-15)19(26)23-5-4-17-16(9-23)24-12(10-27-17)8-20-22-24/h2-3,6-8,16-17H,4-5,9-10H2,1H3,(H,21,25)/t16-,17+/m0/s1. The first-order valence-corrected chi connectivity index (χ1v) is 9.04. The van der Waals surface area contributed by atoms with Gasteiger partial charge in [0.15, 0.2) is 0 Å². The summed E-state index contributed by atoms with van der Waals surface area (Å²) in [4.78, 5) is 29.9. The van der Waals surface area contributed by atoms with Gasteiger partial charge in [0.25, 0.3) is 5.91 Å². The van der Waals surface area contributed by atoms with Crippen molar-refractivity contribution in [3.8, 4) is 0 Å². The van der Waals surface area contributed by atoms with E-state index in [0.717, 1.165) is 23.1 Å². The first-order chi connectivity index (χ1) is 13.1. The van der Waals surface area contributed by atoms with E-state index in [9.17, 15) is 9.59 Å². The van der Waals surface area contributed by atoms with Crippen molar-refractivity contribution in [1.82, 2.24) is 24.9 Å². The molecule has 0 spiro atoms. The number of nitrogens with one attached hydrogen (secondary N) is 1. The van der Waals surface area contributed by atoms with Crippen LogP contribution in [0, 0.1) is 6.92 Å². The number of aryl methyl sites for hydroxylation is 1. The Kier molecular flexibility index (Phi) is 3.61. The normalized spacial score (nSPS) is 21.7. The first-order valence-electron chi connectivity index (χ1n) is 9.04. The molecule has 1 aromatic carbocycles. The molecule has 0 radical (unpaired) electrons. The summed E-state index contributed by atoms with van der Waals surface area (Å²) in [5.41, 5.74) is 2.79. The monoisotopic (exact) mass is 365 g/mol. The van der Waals surface area contributed by atoms with Gasteiger partial charge in [-0.3, -0.25) is 9.59 Å². The number of nitrogens with zero attached hydrogens (tertiary/aromatic N) is 4. The van der Waals surface area contributed by atoms with E-state index < -0.39 is 0 Å². The number of rotatable bonds is 1. The van der Waals surface area contributed by atoms with Gasteiger partial charge in [-0.1, -0.05) is 16.8 Å². The lowest BCUT2D eigenvalue weighted by Gasteiger charge is -2.41. The molecule has 1 fully saturated rings. The van der Waals surface area contributed by atoms with Crippen molar-refractivity contribution in [2.24, 2.45) is 0 Å². The van der Waals surface area contributed by atoms with Crippen LogP contribution < -0.4 is 5.56 Å². The fourth-order valence-electron chi connectivity index (χ4n) is 4.08. The molecule has 27 heavy (non-hydrogen) atoms. The molecule has 1 saturated heterocycles. The summed E-state index contributed by atoms with van der Waals surface area (Å²) in [6.45, 7) is 3.54. The zero-order valence-electron chi connectivity index (χ0n) is 14.9. The highest BCUT2D eigenvalue weighted by molar-refractivity contribution is 6.06. The minimum Gasteiger partial charge on any atom is -0.370 e. The highest BCUT2D eigenvalue weighted by Crippen LogP contribution is 2.31. The Morgan fingerprint density at radius 3 is 3.11 bits per heavy atom. The minimum absolute atomic E-state index is 0.0291. The number of benzene rings is 1. The number of carbonyl (C=O) groups is 1. The zero-order chi connectivity index (χ0) is 18.5. The van der Waals surface area contributed by atoms with Gasteiger partial charge in [0.2, 0.25) is 5.56 Å². The highest BCUT2D eigenvalue weighted by Gasteiger charge is 2.38. The molecule has 0 unspecified atom stereocenters. The molecule has 4 heterocycles. The molecule has 2 atom stereocenters. The molecule has 0 saturated carbocycles. The van der Waals surface area contributed by atoms with E-state index in [1.807, 2.05) is 29.8 Å². The molecule has 2 aliphatic rings. The Morgan fingerprint density at radius 2 is 2.22 bits per heavy atom. The molecule has 3 aromatic rings. The summed E-state index contributed by atoms with van der Waals surface area (Å²) >= 11 is 0. The molecule has 2 aliphatic heterocycles. The van der Waals surface area contributed by atoms with Crippen molar-refractivity contribution in [2.75, 3.05) is 13.1 Å². The summed E-state index contributed by atoms with van der Waals surface area (Å²) in [7, 11) is 0. The number of ether oxygens (including phenoxy) is 1. The van der Waals surface area contributed by atoms with Crippen LogP contribution in [-0.2, 0) is 11.3 Å². The summed E-state index contributed by atoms with van der Waals surface area (Å²) in [6, 6.07) is 7.04. The van der Waals surface area contributed by atoms with Crippen molar-refractivity contribution in [3.63, 3.8) is 0 Å². The summed E-state index contributed by atoms with van der Waals surface area (Å²) in [5, 5.41) is 8.91. The van der Waals surface area contributed by atoms with Gasteiger partial charge in [-0.2, -0.15) is 0 Å². The lowest BCUT2D eigenvalue weighted by molar-refractivity contribution is -0.0604. The van der Waals surface area contributed by atoms with Gasteiger partial charge in [-0.05, 0) is 25.5 Å². The second-order valence-electron chi connectivity index (χ2n) is 7.22. The quantitative estimate of drug-likeness (QED) is 0.704. The molecule has 2 aromatic heterocycles. The number of aromatic amines is 1. The first kappa shape index (κ1) is 16.2. The Labute approximate surface area is 154 Å². The van der Waals surface area contributed by atoms with Crippen LogP contribution in [0.25, 0.3) is 10.9 Å². The number of hydrogen-bond donors (Lipinski definition) is 1. The van der Waals surface area contributed by atoms with Crippen LogP contribution in [0.15, 0.2) is 35.3 Å². The van der Waals surface area contributed by atoms with Crippen LogP contribution in [-0.4, -0.2) is 50.0 Å². The molecule has 8 nitrogen and oxygen atoms in total. The molecule has 1 N–H and O–H groups in total. The Balaban J connectivity index is 1.52. The number of hydrogen-bond acceptors (Lipinski definition) is 5. The number of piperidine rings is 1. The SMILES string of the molecule is Cc1ccc2[nH]c(=O)cc(C(=O)N3CC[C@H]4OCc5cnnn5[C@H]4C3)c2c1. The van der Waals surface area contributed by atoms with E-state index >= 15 is 0 Å². The lowest BCUT2D eigenvalue weighted by atomic mass is 9.98. The second-order valence-corrected chi connectivity index (χ2v) is 7.22. The maximum Gasteiger partial charge on any atom is 0.254 e. The van der Waals surface area contributed by atoms with E-state index in [-0.39, 0.29) is 23.6 Å². The van der Waals surface area contributed by atoms with Crippen LogP contribution in [0.3, 0.4) is 0 Å². The maximum atomic E-state index is 13.3. The number of likely N-dealkylation sites (tertiary alicyclic amines) is 1. The van der Waals surface area contributed by atoms with Crippen LogP contribution in [0.2, 0.25) is 0 Å². The molecule has 5 rings (SSSR count). The largest absolute Gasteiger partial charge is 0.370 e. The molecule has 1 amide bonds. The Morgan fingerprint density at radius 1 is 1.33 bits per heavy atom. The van der Waals surface area contributed by atoms with E-state index in [1.54, 1.807) is 11.1 Å². The third-order valence-corrected chi connectivity index (χ3v) is 5.44. The third-order valence-electron chi connectivity index (χ3n) is 5.44. The maximum absolute atomic E-state index is 13.3. The average Bonchev–Trinajstić information content (AvgIpc) is 3.16. The number of H-pyrrole nitrogens is 1. The third kappa shape index (κ3) is 2.64. The fourth-order valence-corrected chi connectivity index (χ4v) is 4.08. The second kappa shape index (κ2) is 6.02. The number of amides is 1. The van der Waals surface area contributed by atoms with Gasteiger partial charge < -0.3 is 14.6 Å². The topological polar surface area (TPSA) is 93.1 Å². The van der Waals surface area contributed by atoms with E-state index in [2.05, 4.69) is 15.3 Å². The summed E-state index contributed by atoms with van der Waals surface area (Å²) in [6.07, 6.45) is 2.46. The predicted molar refractivity (Wildman–Crippen MR) is 97.5 cm³/mol. The average molecular weight is 365 g/mol. The number of carbonyl (C=O) groups excluding carboxylic acids is 1. The van der Waals surface area contributed by atoms with Crippen LogP contribution in [0.1, 0.15) is 34.1 Å².